The number of ketones is 1. The molecule has 0 amide bonds. The van der Waals surface area contributed by atoms with Crippen LogP contribution in [0.25, 0.3) is 6.08 Å². The van der Waals surface area contributed by atoms with Crippen molar-refractivity contribution in [3.05, 3.63) is 42.0 Å². The highest BCUT2D eigenvalue weighted by Crippen LogP contribution is 2.06. The molecule has 0 aliphatic rings. The Labute approximate surface area is 103 Å². The van der Waals surface area contributed by atoms with E-state index in [9.17, 15) is 9.90 Å². The van der Waals surface area contributed by atoms with Crippen LogP contribution in [-0.2, 0) is 4.79 Å². The summed E-state index contributed by atoms with van der Waals surface area (Å²) in [6.07, 6.45) is 5.59. The van der Waals surface area contributed by atoms with E-state index in [4.69, 9.17) is 0 Å². The second-order valence-electron chi connectivity index (χ2n) is 4.18. The van der Waals surface area contributed by atoms with Crippen LogP contribution in [0.2, 0.25) is 0 Å². The third-order valence-corrected chi connectivity index (χ3v) is 2.56. The van der Waals surface area contributed by atoms with Crippen LogP contribution >= 0.6 is 0 Å². The predicted molar refractivity (Wildman–Crippen MR) is 70.6 cm³/mol. The largest absolute Gasteiger partial charge is 0.389 e. The number of aliphatic hydroxyl groups is 1. The zero-order valence-corrected chi connectivity index (χ0v) is 10.3. The van der Waals surface area contributed by atoms with Crippen molar-refractivity contribution in [2.45, 2.75) is 38.7 Å². The van der Waals surface area contributed by atoms with Crippen molar-refractivity contribution < 1.29 is 9.90 Å². The van der Waals surface area contributed by atoms with Gasteiger partial charge in [-0.25, -0.2) is 0 Å². The number of unbranched alkanes of at least 4 members (excludes halogenated alkanes) is 1. The third kappa shape index (κ3) is 6.03. The molecule has 0 unspecified atom stereocenters. The van der Waals surface area contributed by atoms with Crippen molar-refractivity contribution in [3.63, 3.8) is 0 Å². The number of rotatable bonds is 7. The van der Waals surface area contributed by atoms with Crippen LogP contribution in [0.15, 0.2) is 36.4 Å². The molecule has 0 heterocycles. The fraction of sp³-hybridized carbons (Fsp3) is 0.400. The SMILES string of the molecule is CCCCC(=O)C[C@H](O)/C=C/c1ccccc1. The molecule has 0 bridgehead atoms. The number of hydrogen-bond donors (Lipinski definition) is 1. The zero-order valence-electron chi connectivity index (χ0n) is 10.3. The molecule has 1 aromatic rings. The highest BCUT2D eigenvalue weighted by molar-refractivity contribution is 5.79. The third-order valence-electron chi connectivity index (χ3n) is 2.56. The van der Waals surface area contributed by atoms with Crippen molar-refractivity contribution in [1.82, 2.24) is 0 Å². The Hall–Kier alpha value is -1.41. The first kappa shape index (κ1) is 13.7. The van der Waals surface area contributed by atoms with E-state index in [-0.39, 0.29) is 12.2 Å². The molecule has 1 N–H and O–H groups in total. The Balaban J connectivity index is 2.36. The molecule has 2 heteroatoms. The minimum atomic E-state index is -0.667. The standard InChI is InChI=1S/C15H20O2/c1-2-3-9-14(16)12-15(17)11-10-13-7-5-4-6-8-13/h4-8,10-11,15,17H,2-3,9,12H2,1H3/b11-10+/t15-/m1/s1. The highest BCUT2D eigenvalue weighted by atomic mass is 16.3. The molecule has 0 saturated heterocycles. The molecule has 1 aromatic carbocycles. The van der Waals surface area contributed by atoms with Gasteiger partial charge in [0, 0.05) is 12.8 Å². The van der Waals surface area contributed by atoms with Crippen molar-refractivity contribution in [2.75, 3.05) is 0 Å². The van der Waals surface area contributed by atoms with Crippen molar-refractivity contribution in [1.29, 1.82) is 0 Å². The summed E-state index contributed by atoms with van der Waals surface area (Å²) in [5.41, 5.74) is 1.03. The minimum absolute atomic E-state index is 0.136. The molecular formula is C15H20O2. The lowest BCUT2D eigenvalue weighted by molar-refractivity contribution is -0.120. The topological polar surface area (TPSA) is 37.3 Å². The number of aliphatic hydroxyl groups excluding tert-OH is 1. The summed E-state index contributed by atoms with van der Waals surface area (Å²) >= 11 is 0. The van der Waals surface area contributed by atoms with Gasteiger partial charge in [0.25, 0.3) is 0 Å². The molecule has 1 rings (SSSR count). The van der Waals surface area contributed by atoms with Gasteiger partial charge >= 0.3 is 0 Å². The minimum Gasteiger partial charge on any atom is -0.389 e. The van der Waals surface area contributed by atoms with Gasteiger partial charge in [0.15, 0.2) is 0 Å². The van der Waals surface area contributed by atoms with E-state index >= 15 is 0 Å². The summed E-state index contributed by atoms with van der Waals surface area (Å²) in [5.74, 6) is 0.136. The first-order valence-electron chi connectivity index (χ1n) is 6.15. The van der Waals surface area contributed by atoms with Gasteiger partial charge in [-0.3, -0.25) is 4.79 Å². The van der Waals surface area contributed by atoms with Gasteiger partial charge in [0.1, 0.15) is 5.78 Å². The van der Waals surface area contributed by atoms with Crippen LogP contribution in [0.4, 0.5) is 0 Å². The highest BCUT2D eigenvalue weighted by Gasteiger charge is 2.06. The maximum absolute atomic E-state index is 11.4. The number of hydrogen-bond acceptors (Lipinski definition) is 2. The first-order chi connectivity index (χ1) is 8.22. The predicted octanol–water partition coefficient (Wildman–Crippen LogP) is 3.21. The first-order valence-corrected chi connectivity index (χ1v) is 6.15. The lowest BCUT2D eigenvalue weighted by Crippen LogP contribution is -2.10. The molecule has 0 spiro atoms. The van der Waals surface area contributed by atoms with Gasteiger partial charge < -0.3 is 5.11 Å². The summed E-state index contributed by atoms with van der Waals surface area (Å²) < 4.78 is 0. The Bertz CT molecular complexity index is 354. The average Bonchev–Trinajstić information content (AvgIpc) is 2.35. The summed E-state index contributed by atoms with van der Waals surface area (Å²) in [6.45, 7) is 2.05. The van der Waals surface area contributed by atoms with Crippen LogP contribution in [0.3, 0.4) is 0 Å². The van der Waals surface area contributed by atoms with Crippen LogP contribution in [0.1, 0.15) is 38.2 Å². The van der Waals surface area contributed by atoms with E-state index in [0.717, 1.165) is 18.4 Å². The van der Waals surface area contributed by atoms with Gasteiger partial charge in [0.05, 0.1) is 6.10 Å². The van der Waals surface area contributed by atoms with Crippen LogP contribution in [-0.4, -0.2) is 17.0 Å². The Morgan fingerprint density at radius 1 is 1.35 bits per heavy atom. The Morgan fingerprint density at radius 2 is 2.06 bits per heavy atom. The molecular weight excluding hydrogens is 212 g/mol. The molecule has 0 fully saturated rings. The van der Waals surface area contributed by atoms with Crippen molar-refractivity contribution >= 4 is 11.9 Å². The van der Waals surface area contributed by atoms with Crippen molar-refractivity contribution in [3.8, 4) is 0 Å². The molecule has 0 aliphatic carbocycles. The Morgan fingerprint density at radius 3 is 2.71 bits per heavy atom. The second kappa shape index (κ2) is 7.80. The molecule has 1 atom stereocenters. The van der Waals surface area contributed by atoms with Crippen molar-refractivity contribution in [2.24, 2.45) is 0 Å². The molecule has 0 radical (unpaired) electrons. The maximum Gasteiger partial charge on any atom is 0.135 e. The summed E-state index contributed by atoms with van der Waals surface area (Å²) in [6, 6.07) is 9.75. The van der Waals surface area contributed by atoms with Gasteiger partial charge in [-0.2, -0.15) is 0 Å². The van der Waals surface area contributed by atoms with E-state index in [2.05, 4.69) is 6.92 Å². The van der Waals surface area contributed by atoms with Gasteiger partial charge in [-0.15, -0.1) is 0 Å². The zero-order chi connectivity index (χ0) is 12.5. The van der Waals surface area contributed by atoms with E-state index in [1.165, 1.54) is 0 Å². The molecule has 17 heavy (non-hydrogen) atoms. The number of benzene rings is 1. The van der Waals surface area contributed by atoms with E-state index in [0.29, 0.717) is 6.42 Å². The lowest BCUT2D eigenvalue weighted by Gasteiger charge is -2.04. The molecule has 0 saturated carbocycles. The second-order valence-corrected chi connectivity index (χ2v) is 4.18. The average molecular weight is 232 g/mol. The lowest BCUT2D eigenvalue weighted by atomic mass is 10.1. The molecule has 0 aliphatic heterocycles. The quantitative estimate of drug-likeness (QED) is 0.783. The van der Waals surface area contributed by atoms with Crippen LogP contribution < -0.4 is 0 Å². The number of carbonyl (C=O) groups is 1. The molecule has 0 aromatic heterocycles. The molecule has 92 valence electrons. The smallest absolute Gasteiger partial charge is 0.135 e. The summed E-state index contributed by atoms with van der Waals surface area (Å²) in [7, 11) is 0. The van der Waals surface area contributed by atoms with Gasteiger partial charge in [-0.05, 0) is 12.0 Å². The normalized spacial score (nSPS) is 12.8. The van der Waals surface area contributed by atoms with Crippen LogP contribution in [0, 0.1) is 0 Å². The maximum atomic E-state index is 11.4. The summed E-state index contributed by atoms with van der Waals surface area (Å²) in [4.78, 5) is 11.4. The van der Waals surface area contributed by atoms with Gasteiger partial charge in [-0.1, -0.05) is 55.8 Å². The van der Waals surface area contributed by atoms with E-state index < -0.39 is 6.10 Å². The van der Waals surface area contributed by atoms with E-state index in [1.807, 2.05) is 36.4 Å². The van der Waals surface area contributed by atoms with Crippen LogP contribution in [0.5, 0.6) is 0 Å². The molecule has 2 nitrogen and oxygen atoms in total. The van der Waals surface area contributed by atoms with E-state index in [1.54, 1.807) is 6.08 Å². The monoisotopic (exact) mass is 232 g/mol. The fourth-order valence-electron chi connectivity index (χ4n) is 1.56. The van der Waals surface area contributed by atoms with Gasteiger partial charge in [0.2, 0.25) is 0 Å². The Kier molecular flexibility index (Phi) is 6.26. The number of carbonyl (C=O) groups excluding carboxylic acids is 1. The number of Topliss-reactive ketones (excluding diaryl/α,β-unsaturated/α-hetero) is 1. The summed E-state index contributed by atoms with van der Waals surface area (Å²) in [5, 5.41) is 9.67. The fourth-order valence-corrected chi connectivity index (χ4v) is 1.56.